The summed E-state index contributed by atoms with van der Waals surface area (Å²) in [5.74, 6) is 0.779. The molecule has 0 unspecified atom stereocenters. The third-order valence-electron chi connectivity index (χ3n) is 3.71. The molecule has 0 bridgehead atoms. The second-order valence-electron chi connectivity index (χ2n) is 7.14. The Hall–Kier alpha value is -2.01. The van der Waals surface area contributed by atoms with Crippen LogP contribution in [0.4, 0.5) is 4.79 Å². The monoisotopic (exact) mass is 419 g/mol. The van der Waals surface area contributed by atoms with Crippen LogP contribution in [0.25, 0.3) is 0 Å². The maximum absolute atomic E-state index is 12.2. The number of hydrogen-bond acceptors (Lipinski definition) is 3. The van der Waals surface area contributed by atoms with Crippen LogP contribution in [0.3, 0.4) is 0 Å². The molecule has 4 nitrogen and oxygen atoms in total. The van der Waals surface area contributed by atoms with Gasteiger partial charge in [0.15, 0.2) is 0 Å². The zero-order chi connectivity index (χ0) is 19.2. The first-order valence-electron chi connectivity index (χ1n) is 8.66. The van der Waals surface area contributed by atoms with Crippen molar-refractivity contribution in [3.05, 3.63) is 64.6 Å². The number of ether oxygens (including phenoxy) is 2. The van der Waals surface area contributed by atoms with Gasteiger partial charge < -0.3 is 14.4 Å². The first-order chi connectivity index (χ1) is 12.3. The smallest absolute Gasteiger partial charge is 0.410 e. The van der Waals surface area contributed by atoms with Crippen molar-refractivity contribution in [1.82, 2.24) is 4.90 Å². The molecule has 0 aliphatic carbocycles. The molecule has 2 rings (SSSR count). The number of nitrogens with zero attached hydrogens (tertiary/aromatic N) is 1. The van der Waals surface area contributed by atoms with E-state index in [1.165, 1.54) is 0 Å². The first-order valence-corrected chi connectivity index (χ1v) is 9.46. The van der Waals surface area contributed by atoms with Gasteiger partial charge in [-0.1, -0.05) is 42.5 Å². The Morgan fingerprint density at radius 3 is 2.31 bits per heavy atom. The molecule has 2 aromatic rings. The number of carbonyl (C=O) groups is 1. The zero-order valence-corrected chi connectivity index (χ0v) is 17.3. The highest BCUT2D eigenvalue weighted by Crippen LogP contribution is 2.30. The van der Waals surface area contributed by atoms with Gasteiger partial charge >= 0.3 is 6.09 Å². The fraction of sp³-hybridized carbons (Fsp3) is 0.381. The molecule has 26 heavy (non-hydrogen) atoms. The molecule has 0 saturated heterocycles. The second-order valence-corrected chi connectivity index (χ2v) is 7.99. The van der Waals surface area contributed by atoms with Crippen molar-refractivity contribution in [3.63, 3.8) is 0 Å². The van der Waals surface area contributed by atoms with E-state index >= 15 is 0 Å². The quantitative estimate of drug-likeness (QED) is 0.591. The van der Waals surface area contributed by atoms with E-state index in [2.05, 4.69) is 15.9 Å². The van der Waals surface area contributed by atoms with Gasteiger partial charge in [-0.05, 0) is 54.4 Å². The fourth-order valence-corrected chi connectivity index (χ4v) is 2.78. The van der Waals surface area contributed by atoms with Crippen molar-refractivity contribution >= 4 is 22.0 Å². The number of halogens is 1. The summed E-state index contributed by atoms with van der Waals surface area (Å²) in [6.07, 6.45) is 0.158. The highest BCUT2D eigenvalue weighted by Gasteiger charge is 2.21. The summed E-state index contributed by atoms with van der Waals surface area (Å²) in [5.41, 5.74) is 0.566. The minimum Gasteiger partial charge on any atom is -0.484 e. The summed E-state index contributed by atoms with van der Waals surface area (Å²) in [7, 11) is 1.74. The van der Waals surface area contributed by atoms with Crippen LogP contribution in [0.2, 0.25) is 0 Å². The molecule has 0 N–H and O–H groups in total. The Kier molecular flexibility index (Phi) is 7.09. The van der Waals surface area contributed by atoms with E-state index in [0.29, 0.717) is 13.0 Å². The summed E-state index contributed by atoms with van der Waals surface area (Å²) in [4.78, 5) is 13.8. The van der Waals surface area contributed by atoms with Crippen molar-refractivity contribution in [2.75, 3.05) is 13.6 Å². The van der Waals surface area contributed by atoms with Gasteiger partial charge in [0, 0.05) is 20.0 Å². The van der Waals surface area contributed by atoms with Gasteiger partial charge in [0.1, 0.15) is 17.5 Å². The lowest BCUT2D eigenvalue weighted by Gasteiger charge is -2.26. The number of rotatable bonds is 6. The van der Waals surface area contributed by atoms with E-state index < -0.39 is 5.60 Å². The third-order valence-corrected chi connectivity index (χ3v) is 4.36. The van der Waals surface area contributed by atoms with Crippen molar-refractivity contribution in [2.24, 2.45) is 0 Å². The summed E-state index contributed by atoms with van der Waals surface area (Å²) in [6.45, 7) is 6.11. The summed E-state index contributed by atoms with van der Waals surface area (Å²) in [5, 5.41) is 0. The summed E-state index contributed by atoms with van der Waals surface area (Å²) >= 11 is 3.52. The van der Waals surface area contributed by atoms with Crippen molar-refractivity contribution in [3.8, 4) is 5.75 Å². The molecule has 0 fully saturated rings. The van der Waals surface area contributed by atoms with Crippen LogP contribution < -0.4 is 4.74 Å². The minimum atomic E-state index is -0.504. The van der Waals surface area contributed by atoms with E-state index in [-0.39, 0.29) is 12.2 Å². The Morgan fingerprint density at radius 2 is 1.69 bits per heavy atom. The minimum absolute atomic E-state index is 0.167. The predicted octanol–water partition coefficient (Wildman–Crippen LogP) is 5.83. The zero-order valence-electron chi connectivity index (χ0n) is 15.7. The topological polar surface area (TPSA) is 38.8 Å². The predicted molar refractivity (Wildman–Crippen MR) is 107 cm³/mol. The van der Waals surface area contributed by atoms with Crippen LogP contribution >= 0.6 is 15.9 Å². The van der Waals surface area contributed by atoms with Crippen LogP contribution in [-0.4, -0.2) is 30.2 Å². The Labute approximate surface area is 164 Å². The summed E-state index contributed by atoms with van der Waals surface area (Å²) < 4.78 is 12.6. The van der Waals surface area contributed by atoms with Crippen molar-refractivity contribution in [1.29, 1.82) is 0 Å². The number of carbonyl (C=O) groups excluding carboxylic acids is 1. The lowest BCUT2D eigenvalue weighted by atomic mass is 10.1. The first kappa shape index (κ1) is 20.3. The number of benzene rings is 2. The average Bonchev–Trinajstić information content (AvgIpc) is 2.59. The van der Waals surface area contributed by atoms with E-state index in [0.717, 1.165) is 15.8 Å². The Balaban J connectivity index is 2.08. The molecule has 0 aromatic heterocycles. The standard InChI is InChI=1S/C21H26BrNO3/c1-21(2,3)26-20(24)23(4)15-14-18(16-10-6-5-7-11-16)25-19-13-9-8-12-17(19)22/h5-13,18H,14-15H2,1-4H3/t18-/m0/s1. The molecule has 0 aliphatic heterocycles. The van der Waals surface area contributed by atoms with E-state index in [9.17, 15) is 4.79 Å². The molecular weight excluding hydrogens is 394 g/mol. The molecule has 5 heteroatoms. The molecule has 1 atom stereocenters. The van der Waals surface area contributed by atoms with Crippen LogP contribution in [0.1, 0.15) is 38.9 Å². The van der Waals surface area contributed by atoms with E-state index in [1.54, 1.807) is 11.9 Å². The lowest BCUT2D eigenvalue weighted by Crippen LogP contribution is -2.35. The lowest BCUT2D eigenvalue weighted by molar-refractivity contribution is 0.0278. The van der Waals surface area contributed by atoms with Gasteiger partial charge in [-0.25, -0.2) is 4.79 Å². The molecule has 0 heterocycles. The molecule has 2 aromatic carbocycles. The van der Waals surface area contributed by atoms with E-state index in [4.69, 9.17) is 9.47 Å². The van der Waals surface area contributed by atoms with E-state index in [1.807, 2.05) is 75.4 Å². The molecule has 0 saturated carbocycles. The largest absolute Gasteiger partial charge is 0.484 e. The van der Waals surface area contributed by atoms with Crippen LogP contribution in [-0.2, 0) is 4.74 Å². The fourth-order valence-electron chi connectivity index (χ4n) is 2.40. The van der Waals surface area contributed by atoms with Gasteiger partial charge in [0.05, 0.1) is 4.47 Å². The number of para-hydroxylation sites is 1. The second kappa shape index (κ2) is 9.08. The Morgan fingerprint density at radius 1 is 1.08 bits per heavy atom. The maximum atomic E-state index is 12.2. The molecule has 0 radical (unpaired) electrons. The maximum Gasteiger partial charge on any atom is 0.410 e. The van der Waals surface area contributed by atoms with Gasteiger partial charge in [-0.2, -0.15) is 0 Å². The summed E-state index contributed by atoms with van der Waals surface area (Å²) in [6, 6.07) is 17.8. The van der Waals surface area contributed by atoms with Gasteiger partial charge in [-0.3, -0.25) is 0 Å². The number of hydrogen-bond donors (Lipinski definition) is 0. The highest BCUT2D eigenvalue weighted by molar-refractivity contribution is 9.10. The van der Waals surface area contributed by atoms with Crippen LogP contribution in [0.5, 0.6) is 5.75 Å². The van der Waals surface area contributed by atoms with Gasteiger partial charge in [-0.15, -0.1) is 0 Å². The highest BCUT2D eigenvalue weighted by atomic mass is 79.9. The average molecular weight is 420 g/mol. The van der Waals surface area contributed by atoms with Crippen molar-refractivity contribution in [2.45, 2.75) is 38.9 Å². The van der Waals surface area contributed by atoms with Gasteiger partial charge in [0.2, 0.25) is 0 Å². The number of amides is 1. The SMILES string of the molecule is CN(CC[C@H](Oc1ccccc1Br)c1ccccc1)C(=O)OC(C)(C)C. The normalized spacial score (nSPS) is 12.3. The molecule has 0 aliphatic rings. The van der Waals surface area contributed by atoms with Crippen molar-refractivity contribution < 1.29 is 14.3 Å². The molecule has 140 valence electrons. The third kappa shape index (κ3) is 6.37. The van der Waals surface area contributed by atoms with Gasteiger partial charge in [0.25, 0.3) is 0 Å². The van der Waals surface area contributed by atoms with Crippen LogP contribution in [0, 0.1) is 0 Å². The molecule has 1 amide bonds. The molecular formula is C21H26BrNO3. The Bertz CT molecular complexity index is 713. The van der Waals surface area contributed by atoms with Crippen LogP contribution in [0.15, 0.2) is 59.1 Å². The molecule has 0 spiro atoms.